The molecule has 4 heterocycles. The summed E-state index contributed by atoms with van der Waals surface area (Å²) in [6, 6.07) is 3.05. The van der Waals surface area contributed by atoms with E-state index in [-0.39, 0.29) is 5.91 Å². The standard InChI is InChI=1S/C24H36N6O/c1-18(28-13-11-27(2)12-14-28)19-7-9-29(10-8-19)24(31)20-15-22-23(25-16-20)30(17-26-22)21-5-3-4-6-21/h15-19,21H,3-14H2,1-2H3. The van der Waals surface area contributed by atoms with Crippen LogP contribution >= 0.6 is 0 Å². The number of aromatic nitrogens is 3. The Kier molecular flexibility index (Phi) is 5.97. The Morgan fingerprint density at radius 1 is 1.00 bits per heavy atom. The summed E-state index contributed by atoms with van der Waals surface area (Å²) in [5.41, 5.74) is 2.44. The van der Waals surface area contributed by atoms with Gasteiger partial charge in [0, 0.05) is 57.5 Å². The van der Waals surface area contributed by atoms with Gasteiger partial charge in [-0.2, -0.15) is 0 Å². The van der Waals surface area contributed by atoms with E-state index in [0.29, 0.717) is 23.6 Å². The van der Waals surface area contributed by atoms with Crippen LogP contribution in [0.4, 0.5) is 0 Å². The molecular formula is C24H36N6O. The lowest BCUT2D eigenvalue weighted by Crippen LogP contribution is -2.52. The Hall–Kier alpha value is -1.99. The highest BCUT2D eigenvalue weighted by Crippen LogP contribution is 2.32. The molecule has 7 heteroatoms. The van der Waals surface area contributed by atoms with Gasteiger partial charge in [0.1, 0.15) is 5.52 Å². The molecule has 31 heavy (non-hydrogen) atoms. The van der Waals surface area contributed by atoms with Crippen molar-refractivity contribution in [2.24, 2.45) is 5.92 Å². The molecule has 1 unspecified atom stereocenters. The first-order valence-corrected chi connectivity index (χ1v) is 12.1. The number of nitrogens with zero attached hydrogens (tertiary/aromatic N) is 6. The van der Waals surface area contributed by atoms with E-state index in [1.807, 2.05) is 17.3 Å². The van der Waals surface area contributed by atoms with Crippen LogP contribution in [0.25, 0.3) is 11.2 Å². The fraction of sp³-hybridized carbons (Fsp3) is 0.708. The Morgan fingerprint density at radius 3 is 2.42 bits per heavy atom. The van der Waals surface area contributed by atoms with Gasteiger partial charge >= 0.3 is 0 Å². The first kappa shape index (κ1) is 20.9. The van der Waals surface area contributed by atoms with Crippen LogP contribution in [0, 0.1) is 5.92 Å². The van der Waals surface area contributed by atoms with E-state index < -0.39 is 0 Å². The van der Waals surface area contributed by atoms with Gasteiger partial charge in [0.2, 0.25) is 0 Å². The summed E-state index contributed by atoms with van der Waals surface area (Å²) in [6.45, 7) is 8.71. The first-order valence-electron chi connectivity index (χ1n) is 12.1. The summed E-state index contributed by atoms with van der Waals surface area (Å²) < 4.78 is 2.21. The van der Waals surface area contributed by atoms with Crippen LogP contribution in [0.15, 0.2) is 18.6 Å². The maximum Gasteiger partial charge on any atom is 0.255 e. The van der Waals surface area contributed by atoms with Gasteiger partial charge in [-0.15, -0.1) is 0 Å². The number of likely N-dealkylation sites (N-methyl/N-ethyl adjacent to an activating group) is 1. The van der Waals surface area contributed by atoms with E-state index in [1.54, 1.807) is 6.20 Å². The number of piperidine rings is 1. The SMILES string of the molecule is CC(C1CCN(C(=O)c2cnc3c(c2)ncn3C2CCCC2)CC1)N1CCN(C)CC1. The van der Waals surface area contributed by atoms with E-state index >= 15 is 0 Å². The number of hydrogen-bond donors (Lipinski definition) is 0. The molecule has 0 spiro atoms. The Labute approximate surface area is 185 Å². The number of hydrogen-bond acceptors (Lipinski definition) is 5. The van der Waals surface area contributed by atoms with Crippen molar-refractivity contribution in [2.75, 3.05) is 46.3 Å². The lowest BCUT2D eigenvalue weighted by molar-refractivity contribution is 0.0500. The first-order chi connectivity index (χ1) is 15.1. The van der Waals surface area contributed by atoms with Crippen molar-refractivity contribution in [3.63, 3.8) is 0 Å². The summed E-state index contributed by atoms with van der Waals surface area (Å²) in [5.74, 6) is 0.783. The van der Waals surface area contributed by atoms with E-state index in [9.17, 15) is 4.79 Å². The third kappa shape index (κ3) is 4.22. The van der Waals surface area contributed by atoms with Crippen LogP contribution in [0.5, 0.6) is 0 Å². The highest BCUT2D eigenvalue weighted by Gasteiger charge is 2.31. The number of piperazine rings is 1. The third-order valence-electron chi connectivity index (χ3n) is 8.00. The lowest BCUT2D eigenvalue weighted by atomic mass is 9.89. The van der Waals surface area contributed by atoms with E-state index in [0.717, 1.165) is 63.3 Å². The van der Waals surface area contributed by atoms with Crippen molar-refractivity contribution in [3.8, 4) is 0 Å². The Balaban J connectivity index is 1.20. The molecule has 0 N–H and O–H groups in total. The predicted molar refractivity (Wildman–Crippen MR) is 122 cm³/mol. The molecule has 1 amide bonds. The number of carbonyl (C=O) groups is 1. The van der Waals surface area contributed by atoms with Crippen LogP contribution in [0.3, 0.4) is 0 Å². The molecule has 2 aromatic heterocycles. The predicted octanol–water partition coefficient (Wildman–Crippen LogP) is 3.03. The maximum absolute atomic E-state index is 13.2. The second-order valence-electron chi connectivity index (χ2n) is 9.87. The highest BCUT2D eigenvalue weighted by atomic mass is 16.2. The highest BCUT2D eigenvalue weighted by molar-refractivity contribution is 5.96. The summed E-state index contributed by atoms with van der Waals surface area (Å²) in [4.78, 5) is 29.4. The normalized spacial score (nSPS) is 23.6. The molecule has 5 rings (SSSR count). The van der Waals surface area contributed by atoms with Crippen molar-refractivity contribution >= 4 is 17.1 Å². The van der Waals surface area contributed by atoms with Crippen LogP contribution in [0.1, 0.15) is 61.8 Å². The molecule has 3 aliphatic rings. The topological polar surface area (TPSA) is 57.5 Å². The quantitative estimate of drug-likeness (QED) is 0.755. The van der Waals surface area contributed by atoms with Crippen molar-refractivity contribution in [1.82, 2.24) is 29.2 Å². The summed E-state index contributed by atoms with van der Waals surface area (Å²) in [5, 5.41) is 0. The molecule has 1 saturated carbocycles. The molecule has 7 nitrogen and oxygen atoms in total. The largest absolute Gasteiger partial charge is 0.339 e. The van der Waals surface area contributed by atoms with Gasteiger partial charge in [-0.05, 0) is 51.6 Å². The number of carbonyl (C=O) groups excluding carboxylic acids is 1. The average molecular weight is 425 g/mol. The molecular weight excluding hydrogens is 388 g/mol. The van der Waals surface area contributed by atoms with Crippen LogP contribution in [-0.4, -0.2) is 87.5 Å². The van der Waals surface area contributed by atoms with Gasteiger partial charge < -0.3 is 14.4 Å². The lowest BCUT2D eigenvalue weighted by Gasteiger charge is -2.42. The van der Waals surface area contributed by atoms with Crippen LogP contribution in [0.2, 0.25) is 0 Å². The molecule has 0 aromatic carbocycles. The monoisotopic (exact) mass is 424 g/mol. The molecule has 1 aliphatic carbocycles. The van der Waals surface area contributed by atoms with E-state index in [2.05, 4.69) is 38.3 Å². The van der Waals surface area contributed by atoms with Crippen molar-refractivity contribution in [3.05, 3.63) is 24.2 Å². The van der Waals surface area contributed by atoms with E-state index in [1.165, 1.54) is 25.7 Å². The van der Waals surface area contributed by atoms with Gasteiger partial charge in [-0.25, -0.2) is 9.97 Å². The molecule has 1 atom stereocenters. The smallest absolute Gasteiger partial charge is 0.255 e. The Bertz CT molecular complexity index is 904. The molecule has 168 valence electrons. The summed E-state index contributed by atoms with van der Waals surface area (Å²) in [6.07, 6.45) is 10.8. The zero-order chi connectivity index (χ0) is 21.4. The van der Waals surface area contributed by atoms with Gasteiger partial charge in [-0.1, -0.05) is 12.8 Å². The number of likely N-dealkylation sites (tertiary alicyclic amines) is 1. The zero-order valence-electron chi connectivity index (χ0n) is 19.0. The number of imidazole rings is 1. The van der Waals surface area contributed by atoms with Gasteiger partial charge in [-0.3, -0.25) is 9.69 Å². The number of fused-ring (bicyclic) bond motifs is 1. The van der Waals surface area contributed by atoms with Gasteiger partial charge in [0.15, 0.2) is 5.65 Å². The minimum atomic E-state index is 0.107. The fourth-order valence-electron chi connectivity index (χ4n) is 5.78. The van der Waals surface area contributed by atoms with Crippen molar-refractivity contribution in [1.29, 1.82) is 0 Å². The fourth-order valence-corrected chi connectivity index (χ4v) is 5.78. The van der Waals surface area contributed by atoms with Gasteiger partial charge in [0.05, 0.1) is 11.9 Å². The molecule has 2 aromatic rings. The third-order valence-corrected chi connectivity index (χ3v) is 8.00. The molecule has 2 saturated heterocycles. The maximum atomic E-state index is 13.2. The number of rotatable bonds is 4. The summed E-state index contributed by atoms with van der Waals surface area (Å²) >= 11 is 0. The molecule has 3 fully saturated rings. The van der Waals surface area contributed by atoms with Crippen LogP contribution < -0.4 is 0 Å². The second-order valence-corrected chi connectivity index (χ2v) is 9.87. The number of amides is 1. The zero-order valence-corrected chi connectivity index (χ0v) is 19.0. The minimum Gasteiger partial charge on any atom is -0.339 e. The Morgan fingerprint density at radius 2 is 1.71 bits per heavy atom. The molecule has 0 bridgehead atoms. The van der Waals surface area contributed by atoms with Crippen molar-refractivity contribution < 1.29 is 4.79 Å². The molecule has 2 aliphatic heterocycles. The average Bonchev–Trinajstić information content (AvgIpc) is 3.48. The second kappa shape index (κ2) is 8.87. The van der Waals surface area contributed by atoms with Crippen molar-refractivity contribution in [2.45, 2.75) is 57.5 Å². The minimum absolute atomic E-state index is 0.107. The van der Waals surface area contributed by atoms with Crippen LogP contribution in [-0.2, 0) is 0 Å². The molecule has 0 radical (unpaired) electrons. The summed E-state index contributed by atoms with van der Waals surface area (Å²) in [7, 11) is 2.21. The van der Waals surface area contributed by atoms with E-state index in [4.69, 9.17) is 0 Å². The number of pyridine rings is 1. The van der Waals surface area contributed by atoms with Gasteiger partial charge in [0.25, 0.3) is 5.91 Å².